The van der Waals surface area contributed by atoms with Crippen LogP contribution in [0.4, 0.5) is 10.5 Å². The number of hydrogen-bond acceptors (Lipinski definition) is 5. The molecule has 2 aromatic carbocycles. The van der Waals surface area contributed by atoms with Gasteiger partial charge in [-0.15, -0.1) is 0 Å². The second-order valence-electron chi connectivity index (χ2n) is 6.68. The van der Waals surface area contributed by atoms with Gasteiger partial charge in [0.25, 0.3) is 0 Å². The molecule has 7 nitrogen and oxygen atoms in total. The first-order chi connectivity index (χ1) is 12.1. The maximum Gasteiger partial charge on any atom is 0.412 e. The highest BCUT2D eigenvalue weighted by Gasteiger charge is 2.17. The Hall–Kier alpha value is -3.35. The van der Waals surface area contributed by atoms with Crippen molar-refractivity contribution in [1.82, 2.24) is 0 Å². The zero-order valence-corrected chi connectivity index (χ0v) is 14.8. The zero-order chi connectivity index (χ0) is 19.5. The van der Waals surface area contributed by atoms with Crippen molar-refractivity contribution in [3.05, 3.63) is 59.2 Å². The van der Waals surface area contributed by atoms with Gasteiger partial charge in [0.05, 0.1) is 5.56 Å². The summed E-state index contributed by atoms with van der Waals surface area (Å²) in [5.74, 6) is -0.818. The number of anilines is 1. The number of phenols is 1. The predicted molar refractivity (Wildman–Crippen MR) is 98.9 cm³/mol. The average molecular weight is 355 g/mol. The molecule has 136 valence electrons. The molecule has 0 fully saturated rings. The molecule has 5 N–H and O–H groups in total. The molecule has 1 amide bonds. The summed E-state index contributed by atoms with van der Waals surface area (Å²) in [5.41, 5.74) is 5.98. The number of nitrogen functional groups attached to an aromatic ring is 1. The van der Waals surface area contributed by atoms with Crippen LogP contribution in [0.1, 0.15) is 42.3 Å². The van der Waals surface area contributed by atoms with Crippen molar-refractivity contribution in [3.63, 3.8) is 0 Å². The van der Waals surface area contributed by atoms with Gasteiger partial charge in [0, 0.05) is 16.8 Å². The first kappa shape index (κ1) is 19.0. The minimum Gasteiger partial charge on any atom is -0.507 e. The van der Waals surface area contributed by atoms with Gasteiger partial charge in [0.2, 0.25) is 0 Å². The van der Waals surface area contributed by atoms with E-state index in [0.29, 0.717) is 16.8 Å². The van der Waals surface area contributed by atoms with Gasteiger partial charge in [0.15, 0.2) is 5.78 Å². The van der Waals surface area contributed by atoms with Crippen molar-refractivity contribution in [2.45, 2.75) is 26.4 Å². The summed E-state index contributed by atoms with van der Waals surface area (Å²) in [4.78, 5) is 24.3. The first-order valence-electron chi connectivity index (χ1n) is 7.89. The highest BCUT2D eigenvalue weighted by Crippen LogP contribution is 2.23. The standard InChI is InChI=1S/C19H21N3O4/c1-19(2,3)26-18(25)22-13-7-4-11(5-8-13)16(24)14-10-12(17(20)21)6-9-15(14)23/h4-10,23H,1-3H3,(H3,20,21)(H,22,25). The molecule has 2 rings (SSSR count). The number of rotatable bonds is 4. The molecule has 0 saturated carbocycles. The van der Waals surface area contributed by atoms with Crippen LogP contribution in [0, 0.1) is 5.41 Å². The van der Waals surface area contributed by atoms with Crippen LogP contribution in [0.25, 0.3) is 0 Å². The van der Waals surface area contributed by atoms with Crippen LogP contribution in [0.3, 0.4) is 0 Å². The number of benzene rings is 2. The summed E-state index contributed by atoms with van der Waals surface area (Å²) in [5, 5.41) is 19.9. The highest BCUT2D eigenvalue weighted by atomic mass is 16.6. The zero-order valence-electron chi connectivity index (χ0n) is 14.8. The van der Waals surface area contributed by atoms with Gasteiger partial charge in [-0.05, 0) is 63.2 Å². The number of carbonyl (C=O) groups excluding carboxylic acids is 2. The summed E-state index contributed by atoms with van der Waals surface area (Å²) in [6.07, 6.45) is -0.594. The Bertz CT molecular complexity index is 852. The molecule has 2 aromatic rings. The predicted octanol–water partition coefficient (Wildman–Crippen LogP) is 3.25. The monoisotopic (exact) mass is 355 g/mol. The number of nitrogens with two attached hydrogens (primary N) is 1. The van der Waals surface area contributed by atoms with Crippen molar-refractivity contribution in [3.8, 4) is 5.75 Å². The van der Waals surface area contributed by atoms with Crippen LogP contribution in [0.15, 0.2) is 42.5 Å². The van der Waals surface area contributed by atoms with E-state index >= 15 is 0 Å². The topological polar surface area (TPSA) is 126 Å². The van der Waals surface area contributed by atoms with E-state index in [2.05, 4.69) is 5.32 Å². The van der Waals surface area contributed by atoms with Crippen LogP contribution in [0.2, 0.25) is 0 Å². The number of nitrogens with one attached hydrogen (secondary N) is 2. The number of ether oxygens (including phenoxy) is 1. The van der Waals surface area contributed by atoms with Gasteiger partial charge in [-0.3, -0.25) is 15.5 Å². The van der Waals surface area contributed by atoms with Gasteiger partial charge in [-0.1, -0.05) is 0 Å². The number of amides is 1. The third kappa shape index (κ3) is 4.83. The molecule has 0 heterocycles. The van der Waals surface area contributed by atoms with E-state index in [9.17, 15) is 14.7 Å². The van der Waals surface area contributed by atoms with Crippen molar-refractivity contribution in [1.29, 1.82) is 5.41 Å². The molecule has 0 radical (unpaired) electrons. The van der Waals surface area contributed by atoms with Gasteiger partial charge in [-0.25, -0.2) is 4.79 Å². The second kappa shape index (κ2) is 7.26. The quantitative estimate of drug-likeness (QED) is 0.380. The maximum atomic E-state index is 12.6. The van der Waals surface area contributed by atoms with E-state index < -0.39 is 17.5 Å². The van der Waals surface area contributed by atoms with Crippen molar-refractivity contribution in [2.24, 2.45) is 5.73 Å². The molecule has 0 bridgehead atoms. The fourth-order valence-electron chi connectivity index (χ4n) is 2.17. The Balaban J connectivity index is 2.18. The highest BCUT2D eigenvalue weighted by molar-refractivity contribution is 6.12. The van der Waals surface area contributed by atoms with E-state index in [1.807, 2.05) is 0 Å². The fraction of sp³-hybridized carbons (Fsp3) is 0.211. The molecule has 0 saturated heterocycles. The van der Waals surface area contributed by atoms with E-state index in [0.717, 1.165) is 0 Å². The van der Waals surface area contributed by atoms with Crippen LogP contribution >= 0.6 is 0 Å². The molecule has 0 aliphatic carbocycles. The summed E-state index contributed by atoms with van der Waals surface area (Å²) in [7, 11) is 0. The lowest BCUT2D eigenvalue weighted by atomic mass is 10.00. The van der Waals surface area contributed by atoms with Crippen molar-refractivity contribution < 1.29 is 19.4 Å². The molecule has 0 aromatic heterocycles. The molecular weight excluding hydrogens is 334 g/mol. The number of phenolic OH excluding ortho intramolecular Hbond substituents is 1. The molecule has 26 heavy (non-hydrogen) atoms. The first-order valence-corrected chi connectivity index (χ1v) is 7.89. The molecule has 0 spiro atoms. The molecular formula is C19H21N3O4. The SMILES string of the molecule is CC(C)(C)OC(=O)Nc1ccc(C(=O)c2cc(C(=N)N)ccc2O)cc1. The van der Waals surface area contributed by atoms with E-state index in [-0.39, 0.29) is 17.1 Å². The van der Waals surface area contributed by atoms with Gasteiger partial charge < -0.3 is 15.6 Å². The second-order valence-corrected chi connectivity index (χ2v) is 6.68. The van der Waals surface area contributed by atoms with Crippen LogP contribution in [-0.2, 0) is 4.74 Å². The lowest BCUT2D eigenvalue weighted by Crippen LogP contribution is -2.27. The molecule has 0 unspecified atom stereocenters. The average Bonchev–Trinajstić information content (AvgIpc) is 2.53. The van der Waals surface area contributed by atoms with Crippen molar-refractivity contribution in [2.75, 3.05) is 5.32 Å². The molecule has 0 atom stereocenters. The van der Waals surface area contributed by atoms with E-state index in [1.54, 1.807) is 32.9 Å². The Morgan fingerprint density at radius 2 is 1.65 bits per heavy atom. The normalized spacial score (nSPS) is 10.9. The third-order valence-corrected chi connectivity index (χ3v) is 3.34. The molecule has 0 aliphatic heterocycles. The summed E-state index contributed by atoms with van der Waals surface area (Å²) >= 11 is 0. The van der Waals surface area contributed by atoms with Crippen LogP contribution < -0.4 is 11.1 Å². The summed E-state index contributed by atoms with van der Waals surface area (Å²) in [6.45, 7) is 5.28. The number of carbonyl (C=O) groups is 2. The number of ketones is 1. The summed E-state index contributed by atoms with van der Waals surface area (Å²) < 4.78 is 5.16. The smallest absolute Gasteiger partial charge is 0.412 e. The third-order valence-electron chi connectivity index (χ3n) is 3.34. The Morgan fingerprint density at radius 3 is 2.19 bits per heavy atom. The van der Waals surface area contributed by atoms with E-state index in [4.69, 9.17) is 15.9 Å². The fourth-order valence-corrected chi connectivity index (χ4v) is 2.17. The lowest BCUT2D eigenvalue weighted by molar-refractivity contribution is 0.0636. The van der Waals surface area contributed by atoms with Crippen LogP contribution in [-0.4, -0.2) is 28.4 Å². The number of hydrogen-bond donors (Lipinski definition) is 4. The number of amidine groups is 1. The minimum absolute atomic E-state index is 0.0468. The largest absolute Gasteiger partial charge is 0.507 e. The lowest BCUT2D eigenvalue weighted by Gasteiger charge is -2.19. The molecule has 0 aliphatic rings. The van der Waals surface area contributed by atoms with E-state index in [1.165, 1.54) is 30.3 Å². The number of aromatic hydroxyl groups is 1. The Kier molecular flexibility index (Phi) is 5.30. The van der Waals surface area contributed by atoms with Crippen LogP contribution in [0.5, 0.6) is 5.75 Å². The summed E-state index contributed by atoms with van der Waals surface area (Å²) in [6, 6.07) is 10.3. The maximum absolute atomic E-state index is 12.6. The van der Waals surface area contributed by atoms with Gasteiger partial charge in [-0.2, -0.15) is 0 Å². The Labute approximate surface area is 151 Å². The van der Waals surface area contributed by atoms with Gasteiger partial charge >= 0.3 is 6.09 Å². The van der Waals surface area contributed by atoms with Crippen molar-refractivity contribution >= 4 is 23.4 Å². The molecule has 7 heteroatoms. The Morgan fingerprint density at radius 1 is 1.08 bits per heavy atom. The minimum atomic E-state index is -0.612. The van der Waals surface area contributed by atoms with Gasteiger partial charge in [0.1, 0.15) is 17.2 Å².